The number of carbonyl (C=O) groups is 2. The van der Waals surface area contributed by atoms with Gasteiger partial charge in [-0.25, -0.2) is 19.6 Å². The maximum absolute atomic E-state index is 11.1. The number of aromatic carboxylic acids is 1. The molecule has 0 bridgehead atoms. The number of alkyl halides is 3. The Bertz CT molecular complexity index is 1230. The van der Waals surface area contributed by atoms with Gasteiger partial charge in [-0.05, 0) is 42.3 Å². The predicted octanol–water partition coefficient (Wildman–Crippen LogP) is 3.64. The van der Waals surface area contributed by atoms with E-state index in [1.807, 2.05) is 24.3 Å². The van der Waals surface area contributed by atoms with E-state index in [4.69, 9.17) is 20.0 Å². The van der Waals surface area contributed by atoms with E-state index in [-0.39, 0.29) is 5.56 Å². The lowest BCUT2D eigenvalue weighted by Crippen LogP contribution is -2.51. The van der Waals surface area contributed by atoms with Crippen LogP contribution in [0.4, 0.5) is 24.8 Å². The molecule has 3 aromatic rings. The first-order valence-corrected chi connectivity index (χ1v) is 11.9. The number of hydrogen-bond donors (Lipinski definition) is 3. The molecule has 39 heavy (non-hydrogen) atoms. The number of nitrogens with zero attached hydrogens (tertiary/aromatic N) is 5. The van der Waals surface area contributed by atoms with Crippen LogP contribution in [0.15, 0.2) is 78.0 Å². The van der Waals surface area contributed by atoms with Crippen LogP contribution < -0.4 is 10.2 Å². The summed E-state index contributed by atoms with van der Waals surface area (Å²) in [6.07, 6.45) is -0.719. The minimum absolute atomic E-state index is 0.259. The Morgan fingerprint density at radius 2 is 1.49 bits per heavy atom. The molecule has 0 radical (unpaired) electrons. The van der Waals surface area contributed by atoms with Crippen molar-refractivity contribution in [2.24, 2.45) is 4.99 Å². The molecule has 1 aromatic heterocycles. The van der Waals surface area contributed by atoms with Gasteiger partial charge in [0.25, 0.3) is 0 Å². The lowest BCUT2D eigenvalue weighted by Gasteiger charge is -2.36. The lowest BCUT2D eigenvalue weighted by molar-refractivity contribution is -0.192. The van der Waals surface area contributed by atoms with Gasteiger partial charge in [-0.3, -0.25) is 4.99 Å². The molecular weight excluding hydrogens is 517 g/mol. The van der Waals surface area contributed by atoms with Crippen LogP contribution in [0.1, 0.15) is 15.9 Å². The van der Waals surface area contributed by atoms with E-state index in [0.29, 0.717) is 6.54 Å². The molecule has 1 saturated heterocycles. The second kappa shape index (κ2) is 13.7. The number of guanidine groups is 1. The largest absolute Gasteiger partial charge is 0.490 e. The van der Waals surface area contributed by atoms with Gasteiger partial charge in [0, 0.05) is 50.8 Å². The van der Waals surface area contributed by atoms with Crippen molar-refractivity contribution in [3.63, 3.8) is 0 Å². The van der Waals surface area contributed by atoms with Crippen LogP contribution in [0.5, 0.6) is 0 Å². The highest BCUT2D eigenvalue weighted by Gasteiger charge is 2.38. The van der Waals surface area contributed by atoms with Crippen molar-refractivity contribution < 1.29 is 33.0 Å². The molecule has 0 aliphatic carbocycles. The SMILES string of the molecule is O=C(O)C(F)(F)F.O=C(O)c1ccc(NC(=NCCc2ccccc2)N2CCN(c3ncccn3)CC2)cc1. The number of carboxylic acids is 2. The normalized spacial score (nSPS) is 13.8. The average Bonchev–Trinajstić information content (AvgIpc) is 2.94. The summed E-state index contributed by atoms with van der Waals surface area (Å²) >= 11 is 0. The Morgan fingerprint density at radius 1 is 0.897 bits per heavy atom. The average molecular weight is 545 g/mol. The summed E-state index contributed by atoms with van der Waals surface area (Å²) in [5, 5.41) is 19.7. The summed E-state index contributed by atoms with van der Waals surface area (Å²) in [5.74, 6) is -2.16. The van der Waals surface area contributed by atoms with Crippen LogP contribution in [0.25, 0.3) is 0 Å². The summed E-state index contributed by atoms with van der Waals surface area (Å²) < 4.78 is 31.7. The molecule has 13 heteroatoms. The molecule has 0 amide bonds. The van der Waals surface area contributed by atoms with Gasteiger partial charge in [0.1, 0.15) is 0 Å². The molecular formula is C26H27F3N6O4. The number of aliphatic carboxylic acids is 1. The fourth-order valence-electron chi connectivity index (χ4n) is 3.55. The predicted molar refractivity (Wildman–Crippen MR) is 139 cm³/mol. The molecule has 10 nitrogen and oxygen atoms in total. The van der Waals surface area contributed by atoms with E-state index < -0.39 is 18.1 Å². The fraction of sp³-hybridized carbons (Fsp3) is 0.269. The molecule has 1 aliphatic heterocycles. The Labute approximate surface area is 222 Å². The van der Waals surface area contributed by atoms with Crippen molar-refractivity contribution in [2.45, 2.75) is 12.6 Å². The number of benzene rings is 2. The van der Waals surface area contributed by atoms with E-state index in [2.05, 4.69) is 37.2 Å². The first-order chi connectivity index (χ1) is 18.6. The molecule has 1 fully saturated rings. The number of hydrogen-bond acceptors (Lipinski definition) is 6. The van der Waals surface area contributed by atoms with Crippen molar-refractivity contribution in [3.05, 3.63) is 84.2 Å². The summed E-state index contributed by atoms with van der Waals surface area (Å²) in [7, 11) is 0. The molecule has 3 N–H and O–H groups in total. The Morgan fingerprint density at radius 3 is 2.03 bits per heavy atom. The van der Waals surface area contributed by atoms with E-state index >= 15 is 0 Å². The Kier molecular flexibility index (Phi) is 10.2. The zero-order chi connectivity index (χ0) is 28.3. The highest BCUT2D eigenvalue weighted by molar-refractivity contribution is 5.95. The monoisotopic (exact) mass is 544 g/mol. The lowest BCUT2D eigenvalue weighted by atomic mass is 10.2. The number of carboxylic acid groups (broad SMARTS) is 2. The van der Waals surface area contributed by atoms with Crippen LogP contribution >= 0.6 is 0 Å². The van der Waals surface area contributed by atoms with Gasteiger partial charge in [-0.2, -0.15) is 13.2 Å². The van der Waals surface area contributed by atoms with Gasteiger partial charge < -0.3 is 25.3 Å². The Hall–Kier alpha value is -4.68. The number of aromatic nitrogens is 2. The molecule has 2 heterocycles. The minimum atomic E-state index is -5.08. The number of rotatable bonds is 6. The highest BCUT2D eigenvalue weighted by atomic mass is 19.4. The number of nitrogens with one attached hydrogen (secondary N) is 1. The maximum Gasteiger partial charge on any atom is 0.490 e. The molecule has 4 rings (SSSR count). The maximum atomic E-state index is 11.1. The highest BCUT2D eigenvalue weighted by Crippen LogP contribution is 2.15. The first kappa shape index (κ1) is 28.9. The van der Waals surface area contributed by atoms with Gasteiger partial charge in [0.15, 0.2) is 5.96 Å². The second-order valence-electron chi connectivity index (χ2n) is 8.27. The van der Waals surface area contributed by atoms with Gasteiger partial charge in [-0.15, -0.1) is 0 Å². The van der Waals surface area contributed by atoms with Crippen LogP contribution in [-0.2, 0) is 11.2 Å². The van der Waals surface area contributed by atoms with Gasteiger partial charge in [0.2, 0.25) is 5.95 Å². The second-order valence-corrected chi connectivity index (χ2v) is 8.27. The first-order valence-electron chi connectivity index (χ1n) is 11.9. The Balaban J connectivity index is 0.000000532. The molecule has 2 aromatic carbocycles. The summed E-state index contributed by atoms with van der Waals surface area (Å²) in [5.41, 5.74) is 2.31. The minimum Gasteiger partial charge on any atom is -0.478 e. The number of halogens is 3. The molecule has 206 valence electrons. The van der Waals surface area contributed by atoms with E-state index in [1.54, 1.807) is 36.7 Å². The van der Waals surface area contributed by atoms with E-state index in [1.165, 1.54) is 5.56 Å². The third kappa shape index (κ3) is 9.29. The van der Waals surface area contributed by atoms with Crippen molar-refractivity contribution in [1.29, 1.82) is 0 Å². The zero-order valence-corrected chi connectivity index (χ0v) is 20.8. The van der Waals surface area contributed by atoms with Gasteiger partial charge in [0.05, 0.1) is 5.56 Å². The van der Waals surface area contributed by atoms with Crippen LogP contribution in [-0.4, -0.2) is 81.9 Å². The van der Waals surface area contributed by atoms with Gasteiger partial charge in [-0.1, -0.05) is 30.3 Å². The molecule has 0 atom stereocenters. The quantitative estimate of drug-likeness (QED) is 0.314. The molecule has 0 saturated carbocycles. The molecule has 1 aliphatic rings. The smallest absolute Gasteiger partial charge is 0.478 e. The van der Waals surface area contributed by atoms with Crippen LogP contribution in [0.3, 0.4) is 0 Å². The van der Waals surface area contributed by atoms with Crippen molar-refractivity contribution >= 4 is 29.5 Å². The van der Waals surface area contributed by atoms with Gasteiger partial charge >= 0.3 is 18.1 Å². The number of aliphatic imine (C=N–C) groups is 1. The molecule has 0 unspecified atom stereocenters. The third-order valence-corrected chi connectivity index (χ3v) is 5.55. The topological polar surface area (TPSA) is 131 Å². The van der Waals surface area contributed by atoms with E-state index in [9.17, 15) is 18.0 Å². The van der Waals surface area contributed by atoms with Crippen molar-refractivity contribution in [1.82, 2.24) is 14.9 Å². The fourth-order valence-corrected chi connectivity index (χ4v) is 3.55. The number of piperazine rings is 1. The summed E-state index contributed by atoms with van der Waals surface area (Å²) in [6.45, 7) is 3.80. The van der Waals surface area contributed by atoms with Crippen LogP contribution in [0.2, 0.25) is 0 Å². The third-order valence-electron chi connectivity index (χ3n) is 5.55. The van der Waals surface area contributed by atoms with Crippen molar-refractivity contribution in [3.8, 4) is 0 Å². The summed E-state index contributed by atoms with van der Waals surface area (Å²) in [6, 6.07) is 18.8. The standard InChI is InChI=1S/C24H26N6O2.C2HF3O2/c31-22(32)20-7-9-21(10-8-20)28-24(27-14-11-19-5-2-1-3-6-19)30-17-15-29(16-18-30)23-25-12-4-13-26-23;3-2(4,5)1(6)7/h1-10,12-13H,11,14-18H2,(H,27,28)(H,31,32);(H,6,7). The van der Waals surface area contributed by atoms with E-state index in [0.717, 1.165) is 50.2 Å². The van der Waals surface area contributed by atoms with Crippen LogP contribution in [0, 0.1) is 0 Å². The summed E-state index contributed by atoms with van der Waals surface area (Å²) in [4.78, 5) is 38.0. The zero-order valence-electron chi connectivity index (χ0n) is 20.8. The molecule has 0 spiro atoms. The number of anilines is 2. The van der Waals surface area contributed by atoms with Crippen molar-refractivity contribution in [2.75, 3.05) is 42.9 Å².